The molecule has 3 rings (SSSR count). The Hall–Kier alpha value is -1.93. The summed E-state index contributed by atoms with van der Waals surface area (Å²) in [7, 11) is 1.37. The van der Waals surface area contributed by atoms with Crippen LogP contribution < -0.4 is 0 Å². The second-order valence-corrected chi connectivity index (χ2v) is 5.75. The van der Waals surface area contributed by atoms with Crippen LogP contribution in [0.5, 0.6) is 0 Å². The number of esters is 1. The zero-order valence-corrected chi connectivity index (χ0v) is 12.1. The zero-order valence-electron chi connectivity index (χ0n) is 10.5. The predicted molar refractivity (Wildman–Crippen MR) is 76.8 cm³/mol. The third kappa shape index (κ3) is 2.52. The Balaban J connectivity index is 1.93. The van der Waals surface area contributed by atoms with E-state index in [1.807, 2.05) is 29.6 Å². The van der Waals surface area contributed by atoms with Gasteiger partial charge in [-0.15, -0.1) is 21.5 Å². The molecule has 0 spiro atoms. The summed E-state index contributed by atoms with van der Waals surface area (Å²) in [6, 6.07) is 7.57. The van der Waals surface area contributed by atoms with Gasteiger partial charge in [0.05, 0.1) is 17.7 Å². The molecule has 6 nitrogen and oxygen atoms in total. The number of ether oxygens (including phenoxy) is 1. The number of fused-ring (bicyclic) bond motifs is 1. The van der Waals surface area contributed by atoms with Crippen LogP contribution in [0.25, 0.3) is 16.3 Å². The molecule has 8 heteroatoms. The third-order valence-electron chi connectivity index (χ3n) is 2.55. The van der Waals surface area contributed by atoms with Gasteiger partial charge in [-0.05, 0) is 23.6 Å². The first-order chi connectivity index (χ1) is 9.78. The fourth-order valence-electron chi connectivity index (χ4n) is 1.60. The van der Waals surface area contributed by atoms with Gasteiger partial charge in [-0.25, -0.2) is 0 Å². The van der Waals surface area contributed by atoms with Crippen LogP contribution in [0.1, 0.15) is 0 Å². The lowest BCUT2D eigenvalue weighted by Crippen LogP contribution is -2.04. The van der Waals surface area contributed by atoms with E-state index in [0.717, 1.165) is 9.90 Å². The minimum absolute atomic E-state index is 0.228. The van der Waals surface area contributed by atoms with E-state index in [1.54, 1.807) is 15.9 Å². The molecule has 0 atom stereocenters. The first-order valence-electron chi connectivity index (χ1n) is 5.74. The summed E-state index contributed by atoms with van der Waals surface area (Å²) in [6.07, 6.45) is 0. The fourth-order valence-corrected chi connectivity index (χ4v) is 2.98. The lowest BCUT2D eigenvalue weighted by atomic mass is 10.4. The average Bonchev–Trinajstić information content (AvgIpc) is 3.12. The summed E-state index contributed by atoms with van der Waals surface area (Å²) < 4.78 is 6.30. The quantitative estimate of drug-likeness (QED) is 0.543. The van der Waals surface area contributed by atoms with E-state index in [9.17, 15) is 4.79 Å². The smallest absolute Gasteiger partial charge is 0.316 e. The lowest BCUT2D eigenvalue weighted by molar-refractivity contribution is -0.137. The molecule has 3 aromatic heterocycles. The highest BCUT2D eigenvalue weighted by atomic mass is 32.2. The Morgan fingerprint density at radius 2 is 2.30 bits per heavy atom. The second kappa shape index (κ2) is 5.59. The van der Waals surface area contributed by atoms with Gasteiger partial charge in [0.2, 0.25) is 0 Å². The molecule has 0 aliphatic carbocycles. The number of thiophene rings is 1. The van der Waals surface area contributed by atoms with Gasteiger partial charge >= 0.3 is 5.97 Å². The van der Waals surface area contributed by atoms with Crippen LogP contribution in [0.15, 0.2) is 34.7 Å². The number of carbonyl (C=O) groups excluding carboxylic acids is 1. The maximum atomic E-state index is 11.2. The van der Waals surface area contributed by atoms with Gasteiger partial charge in [-0.3, -0.25) is 4.79 Å². The summed E-state index contributed by atoms with van der Waals surface area (Å²) in [6.45, 7) is 0. The van der Waals surface area contributed by atoms with Gasteiger partial charge in [0.25, 0.3) is 0 Å². The van der Waals surface area contributed by atoms with Crippen molar-refractivity contribution >= 4 is 34.7 Å². The fraction of sp³-hybridized carbons (Fsp3) is 0.167. The number of hydrogen-bond acceptors (Lipinski definition) is 7. The number of rotatable bonds is 4. The molecule has 0 unspecified atom stereocenters. The Morgan fingerprint density at radius 1 is 1.40 bits per heavy atom. The number of carbonyl (C=O) groups is 1. The number of aromatic nitrogens is 4. The minimum atomic E-state index is -0.279. The standard InChI is InChI=1S/C12H10N4O2S2/c1-18-11(17)7-20-10-5-4-9-13-14-12(16(9)15-10)8-3-2-6-19-8/h2-6H,7H2,1H3. The number of hydrogen-bond donors (Lipinski definition) is 0. The molecule has 3 aromatic rings. The highest BCUT2D eigenvalue weighted by molar-refractivity contribution is 7.99. The molecule has 0 aliphatic rings. The van der Waals surface area contributed by atoms with Gasteiger partial charge in [-0.2, -0.15) is 9.61 Å². The van der Waals surface area contributed by atoms with Crippen LogP contribution in [0.4, 0.5) is 0 Å². The van der Waals surface area contributed by atoms with E-state index in [0.29, 0.717) is 11.5 Å². The molecule has 0 saturated heterocycles. The van der Waals surface area contributed by atoms with Crippen molar-refractivity contribution < 1.29 is 9.53 Å². The van der Waals surface area contributed by atoms with E-state index < -0.39 is 0 Å². The number of methoxy groups -OCH3 is 1. The summed E-state index contributed by atoms with van der Waals surface area (Å²) in [5.41, 5.74) is 0.677. The zero-order chi connectivity index (χ0) is 13.9. The summed E-state index contributed by atoms with van der Waals surface area (Å²) in [4.78, 5) is 12.2. The summed E-state index contributed by atoms with van der Waals surface area (Å²) in [5, 5.41) is 15.4. The third-order valence-corrected chi connectivity index (χ3v) is 4.30. The van der Waals surface area contributed by atoms with Gasteiger partial charge in [-0.1, -0.05) is 17.8 Å². The molecular weight excluding hydrogens is 296 g/mol. The van der Waals surface area contributed by atoms with E-state index in [1.165, 1.54) is 18.9 Å². The summed E-state index contributed by atoms with van der Waals surface area (Å²) in [5.74, 6) is 0.653. The minimum Gasteiger partial charge on any atom is -0.468 e. The van der Waals surface area contributed by atoms with Gasteiger partial charge in [0.1, 0.15) is 5.03 Å². The van der Waals surface area contributed by atoms with Crippen molar-refractivity contribution in [2.24, 2.45) is 0 Å². The van der Waals surface area contributed by atoms with Crippen LogP contribution in [-0.2, 0) is 9.53 Å². The van der Waals surface area contributed by atoms with Crippen molar-refractivity contribution in [3.05, 3.63) is 29.6 Å². The van der Waals surface area contributed by atoms with Crippen molar-refractivity contribution in [1.29, 1.82) is 0 Å². The molecule has 0 amide bonds. The van der Waals surface area contributed by atoms with Crippen LogP contribution in [0.3, 0.4) is 0 Å². The van der Waals surface area contributed by atoms with Crippen LogP contribution in [0.2, 0.25) is 0 Å². The van der Waals surface area contributed by atoms with Gasteiger partial charge in [0, 0.05) is 0 Å². The second-order valence-electron chi connectivity index (χ2n) is 3.81. The molecule has 102 valence electrons. The van der Waals surface area contributed by atoms with Crippen LogP contribution in [0, 0.1) is 0 Å². The molecule has 0 aliphatic heterocycles. The Morgan fingerprint density at radius 3 is 3.05 bits per heavy atom. The predicted octanol–water partition coefficient (Wildman–Crippen LogP) is 2.12. The van der Waals surface area contributed by atoms with Crippen LogP contribution in [-0.4, -0.2) is 38.6 Å². The maximum absolute atomic E-state index is 11.2. The molecular formula is C12H10N4O2S2. The van der Waals surface area contributed by atoms with Crippen molar-refractivity contribution in [3.63, 3.8) is 0 Å². The molecule has 0 N–H and O–H groups in total. The molecule has 0 radical (unpaired) electrons. The average molecular weight is 306 g/mol. The molecule has 0 aromatic carbocycles. The molecule has 0 fully saturated rings. The highest BCUT2D eigenvalue weighted by Crippen LogP contribution is 2.24. The highest BCUT2D eigenvalue weighted by Gasteiger charge is 2.11. The monoisotopic (exact) mass is 306 g/mol. The Labute approximate surface area is 122 Å². The van der Waals surface area contributed by atoms with E-state index in [4.69, 9.17) is 0 Å². The van der Waals surface area contributed by atoms with E-state index in [-0.39, 0.29) is 11.7 Å². The topological polar surface area (TPSA) is 69.4 Å². The SMILES string of the molecule is COC(=O)CSc1ccc2nnc(-c3cccs3)n2n1. The largest absolute Gasteiger partial charge is 0.468 e. The molecule has 20 heavy (non-hydrogen) atoms. The van der Waals surface area contributed by atoms with Crippen molar-refractivity contribution in [1.82, 2.24) is 19.8 Å². The normalized spacial score (nSPS) is 10.8. The number of nitrogens with zero attached hydrogens (tertiary/aromatic N) is 4. The van der Waals surface area contributed by atoms with Crippen molar-refractivity contribution in [2.45, 2.75) is 5.03 Å². The van der Waals surface area contributed by atoms with Crippen LogP contribution >= 0.6 is 23.1 Å². The lowest BCUT2D eigenvalue weighted by Gasteiger charge is -2.01. The Kier molecular flexibility index (Phi) is 3.66. The summed E-state index contributed by atoms with van der Waals surface area (Å²) >= 11 is 2.90. The van der Waals surface area contributed by atoms with Gasteiger partial charge < -0.3 is 4.74 Å². The van der Waals surface area contributed by atoms with Gasteiger partial charge in [0.15, 0.2) is 11.5 Å². The van der Waals surface area contributed by atoms with Crippen molar-refractivity contribution in [3.8, 4) is 10.7 Å². The molecule has 3 heterocycles. The van der Waals surface area contributed by atoms with E-state index in [2.05, 4.69) is 20.0 Å². The first-order valence-corrected chi connectivity index (χ1v) is 7.60. The molecule has 0 saturated carbocycles. The number of thioether (sulfide) groups is 1. The van der Waals surface area contributed by atoms with Crippen molar-refractivity contribution in [2.75, 3.05) is 12.9 Å². The van der Waals surface area contributed by atoms with E-state index >= 15 is 0 Å². The molecule has 0 bridgehead atoms. The Bertz CT molecular complexity index is 739. The first kappa shape index (κ1) is 13.1. The maximum Gasteiger partial charge on any atom is 0.316 e.